The maximum absolute atomic E-state index is 9.27. The molecule has 1 rings (SSSR count). The molecule has 16 heavy (non-hydrogen) atoms. The third kappa shape index (κ3) is 9.44. The van der Waals surface area contributed by atoms with Crippen molar-refractivity contribution in [1.82, 2.24) is 0 Å². The van der Waals surface area contributed by atoms with Crippen molar-refractivity contribution in [2.24, 2.45) is 0 Å². The SMILES string of the molecule is OC1O[C@H](CI)[C@@H](O)[C@H](O)[C@H]1O.[Ac].[Ac].[Ac].[Ac]. The van der Waals surface area contributed by atoms with Crippen molar-refractivity contribution in [1.29, 1.82) is 0 Å². The van der Waals surface area contributed by atoms with Crippen LogP contribution in [0.4, 0.5) is 0 Å². The molecule has 10 heteroatoms. The van der Waals surface area contributed by atoms with Crippen LogP contribution < -0.4 is 0 Å². The van der Waals surface area contributed by atoms with E-state index < -0.39 is 30.7 Å². The fourth-order valence-corrected chi connectivity index (χ4v) is 1.79. The third-order valence-corrected chi connectivity index (χ3v) is 2.71. The van der Waals surface area contributed by atoms with Gasteiger partial charge < -0.3 is 25.2 Å². The van der Waals surface area contributed by atoms with E-state index in [1.54, 1.807) is 0 Å². The Morgan fingerprint density at radius 2 is 1.25 bits per heavy atom. The van der Waals surface area contributed by atoms with Gasteiger partial charge in [-0.2, -0.15) is 0 Å². The normalized spacial score (nSPS) is 36.9. The van der Waals surface area contributed by atoms with Crippen molar-refractivity contribution in [2.75, 3.05) is 4.43 Å². The second kappa shape index (κ2) is 16.2. The Kier molecular flexibility index (Phi) is 30.5. The van der Waals surface area contributed by atoms with Crippen LogP contribution in [0.1, 0.15) is 0 Å². The number of halogens is 1. The van der Waals surface area contributed by atoms with Gasteiger partial charge in [-0.1, -0.05) is 22.6 Å². The fourth-order valence-electron chi connectivity index (χ4n) is 1.06. The molecule has 0 aromatic carbocycles. The van der Waals surface area contributed by atoms with Crippen molar-refractivity contribution in [3.05, 3.63) is 0 Å². The summed E-state index contributed by atoms with van der Waals surface area (Å²) in [7, 11) is 0. The summed E-state index contributed by atoms with van der Waals surface area (Å²) in [5.41, 5.74) is 0. The average molecular weight is 1200 g/mol. The van der Waals surface area contributed by atoms with Crippen molar-refractivity contribution in [3.63, 3.8) is 0 Å². The second-order valence-electron chi connectivity index (χ2n) is 2.69. The first kappa shape index (κ1) is 30.2. The van der Waals surface area contributed by atoms with Gasteiger partial charge in [0.25, 0.3) is 0 Å². The summed E-state index contributed by atoms with van der Waals surface area (Å²) >= 11 is 1.96. The predicted octanol–water partition coefficient (Wildman–Crippen LogP) is -1.78. The Bertz CT molecular complexity index is 163. The van der Waals surface area contributed by atoms with Gasteiger partial charge in [0.15, 0.2) is 6.29 Å². The molecule has 0 aromatic heterocycles. The first-order valence-electron chi connectivity index (χ1n) is 3.51. The van der Waals surface area contributed by atoms with Crippen LogP contribution in [0.25, 0.3) is 0 Å². The molecular formula is C6H11Ac4IO5. The minimum atomic E-state index is -1.43. The molecule has 0 bridgehead atoms. The first-order valence-corrected chi connectivity index (χ1v) is 5.04. The van der Waals surface area contributed by atoms with Crippen LogP contribution in [0.2, 0.25) is 0 Å². The van der Waals surface area contributed by atoms with Gasteiger partial charge >= 0.3 is 0 Å². The van der Waals surface area contributed by atoms with E-state index in [0.29, 0.717) is 4.43 Å². The van der Waals surface area contributed by atoms with Crippen LogP contribution >= 0.6 is 22.6 Å². The van der Waals surface area contributed by atoms with Gasteiger partial charge in [0, 0.05) is 181 Å². The average Bonchev–Trinajstić information content (AvgIpc) is 2.08. The van der Waals surface area contributed by atoms with Crippen LogP contribution in [-0.2, 0) is 4.74 Å². The Labute approximate surface area is 251 Å². The van der Waals surface area contributed by atoms with Gasteiger partial charge in [-0.25, -0.2) is 0 Å². The topological polar surface area (TPSA) is 90.2 Å². The largest absolute Gasteiger partial charge is 0.388 e. The summed E-state index contributed by atoms with van der Waals surface area (Å²) in [5.74, 6) is 0. The molecule has 0 aliphatic carbocycles. The van der Waals surface area contributed by atoms with E-state index in [4.69, 9.17) is 14.9 Å². The van der Waals surface area contributed by atoms with Crippen molar-refractivity contribution in [2.45, 2.75) is 30.7 Å². The van der Waals surface area contributed by atoms with E-state index in [0.717, 1.165) is 0 Å². The van der Waals surface area contributed by atoms with Crippen molar-refractivity contribution >= 4 is 22.6 Å². The molecule has 0 amide bonds. The molecule has 4 N–H and O–H groups in total. The van der Waals surface area contributed by atoms with E-state index in [9.17, 15) is 10.2 Å². The van der Waals surface area contributed by atoms with Gasteiger partial charge in [0.1, 0.15) is 18.3 Å². The van der Waals surface area contributed by atoms with Crippen LogP contribution in [0.5, 0.6) is 0 Å². The number of alkyl halides is 1. The number of hydrogen-bond donors (Lipinski definition) is 4. The minimum absolute atomic E-state index is 0. The van der Waals surface area contributed by atoms with Crippen LogP contribution in [-0.4, -0.2) is 55.6 Å². The predicted molar refractivity (Wildman–Crippen MR) is 47.8 cm³/mol. The number of ether oxygens (including phenoxy) is 1. The molecule has 5 nitrogen and oxygen atoms in total. The monoisotopic (exact) mass is 1200 g/mol. The van der Waals surface area contributed by atoms with Gasteiger partial charge in [0.05, 0.1) is 6.10 Å². The standard InChI is InChI=1S/C6H11IO5.4Ac/c7-1-2-3(8)4(9)5(10)6(11)12-2;;;;/h2-6,8-11H,1H2;;;;/t2-,3-,4+,5-,6?;;;;/m1..../s1. The Morgan fingerprint density at radius 3 is 1.62 bits per heavy atom. The van der Waals surface area contributed by atoms with Gasteiger partial charge in [-0.3, -0.25) is 0 Å². The minimum Gasteiger partial charge on any atom is -0.388 e. The smallest absolute Gasteiger partial charge is 0.183 e. The summed E-state index contributed by atoms with van der Waals surface area (Å²) < 4.78 is 5.26. The molecule has 1 fully saturated rings. The van der Waals surface area contributed by atoms with E-state index >= 15 is 0 Å². The summed E-state index contributed by atoms with van der Waals surface area (Å²) in [5, 5.41) is 36.5. The fraction of sp³-hybridized carbons (Fsp3) is 1.00. The zero-order valence-electron chi connectivity index (χ0n) is 8.48. The summed E-state index contributed by atoms with van der Waals surface area (Å²) in [6.07, 6.45) is -5.95. The number of aliphatic hydroxyl groups is 4. The van der Waals surface area contributed by atoms with Gasteiger partial charge in [0.2, 0.25) is 0 Å². The van der Waals surface area contributed by atoms with Gasteiger partial charge in [-0.05, 0) is 0 Å². The Morgan fingerprint density at radius 1 is 0.812 bits per heavy atom. The number of rotatable bonds is 1. The molecule has 0 spiro atoms. The molecule has 1 aliphatic heterocycles. The molecule has 1 aliphatic rings. The van der Waals surface area contributed by atoms with Crippen LogP contribution in [0.3, 0.4) is 0 Å². The summed E-state index contributed by atoms with van der Waals surface area (Å²) in [4.78, 5) is 0. The van der Waals surface area contributed by atoms with Crippen molar-refractivity contribution in [3.8, 4) is 0 Å². The van der Waals surface area contributed by atoms with E-state index in [-0.39, 0.29) is 176 Å². The maximum Gasteiger partial charge on any atom is 0.183 e. The molecular weight excluding hydrogens is 1190 g/mol. The molecule has 84 valence electrons. The summed E-state index contributed by atoms with van der Waals surface area (Å²) in [6.45, 7) is 0. The molecule has 1 saturated heterocycles. The quantitative estimate of drug-likeness (QED) is 0.185. The molecule has 0 saturated carbocycles. The molecule has 5 atom stereocenters. The Hall–Kier alpha value is 6.30. The zero-order valence-corrected chi connectivity index (χ0v) is 29.6. The van der Waals surface area contributed by atoms with Crippen molar-refractivity contribution < 1.29 is 201 Å². The molecule has 1 unspecified atom stereocenters. The third-order valence-electron chi connectivity index (χ3n) is 1.84. The van der Waals surface area contributed by atoms with E-state index in [2.05, 4.69) is 0 Å². The maximum atomic E-state index is 9.27. The number of hydrogen-bond acceptors (Lipinski definition) is 5. The first-order chi connectivity index (χ1) is 5.57. The summed E-state index contributed by atoms with van der Waals surface area (Å²) in [6, 6.07) is 0. The Balaban J connectivity index is -0.000000180. The molecule has 1 heterocycles. The van der Waals surface area contributed by atoms with Crippen LogP contribution in [0, 0.1) is 176 Å². The zero-order chi connectivity index (χ0) is 9.30. The molecule has 0 aromatic rings. The van der Waals surface area contributed by atoms with Crippen LogP contribution in [0.15, 0.2) is 0 Å². The molecule has 4 radical (unpaired) electrons. The number of aliphatic hydroxyl groups excluding tert-OH is 4. The second-order valence-corrected chi connectivity index (χ2v) is 3.57. The van der Waals surface area contributed by atoms with Gasteiger partial charge in [-0.15, -0.1) is 0 Å². The van der Waals surface area contributed by atoms with E-state index in [1.807, 2.05) is 22.6 Å². The van der Waals surface area contributed by atoms with E-state index in [1.165, 1.54) is 0 Å².